The minimum atomic E-state index is 0.0804. The molecule has 0 radical (unpaired) electrons. The van der Waals surface area contributed by atoms with Crippen molar-refractivity contribution in [3.8, 4) is 23.8 Å². The van der Waals surface area contributed by atoms with Crippen molar-refractivity contribution >= 4 is 0 Å². The molecule has 3 nitrogen and oxygen atoms in total. The van der Waals surface area contributed by atoms with Crippen molar-refractivity contribution in [2.75, 3.05) is 13.2 Å². The maximum Gasteiger partial charge on any atom is 0.164 e. The summed E-state index contributed by atoms with van der Waals surface area (Å²) in [5, 5.41) is 0. The number of rotatable bonds is 7. The lowest BCUT2D eigenvalue weighted by Crippen LogP contribution is -2.18. The Morgan fingerprint density at radius 2 is 2.17 bits per heavy atom. The van der Waals surface area contributed by atoms with Gasteiger partial charge in [0.1, 0.15) is 0 Å². The lowest BCUT2D eigenvalue weighted by atomic mass is 10.1. The maximum atomic E-state index is 5.84. The summed E-state index contributed by atoms with van der Waals surface area (Å²) >= 11 is 0. The van der Waals surface area contributed by atoms with E-state index in [1.54, 1.807) is 0 Å². The van der Waals surface area contributed by atoms with Gasteiger partial charge >= 0.3 is 0 Å². The van der Waals surface area contributed by atoms with Gasteiger partial charge in [-0.05, 0) is 31.9 Å². The number of nitrogens with two attached hydrogens (primary N) is 1. The minimum absolute atomic E-state index is 0.0804. The van der Waals surface area contributed by atoms with Gasteiger partial charge < -0.3 is 15.2 Å². The molecule has 0 amide bonds. The SMILES string of the molecule is C#CCCOc1c(CC(C)N)cccc1OCC. The Morgan fingerprint density at radius 1 is 1.39 bits per heavy atom. The van der Waals surface area contributed by atoms with Crippen LogP contribution in [0.25, 0.3) is 0 Å². The van der Waals surface area contributed by atoms with Gasteiger partial charge in [-0.15, -0.1) is 12.3 Å². The minimum Gasteiger partial charge on any atom is -0.490 e. The first kappa shape index (κ1) is 14.4. The quantitative estimate of drug-likeness (QED) is 0.594. The summed E-state index contributed by atoms with van der Waals surface area (Å²) in [4.78, 5) is 0. The highest BCUT2D eigenvalue weighted by Crippen LogP contribution is 2.32. The number of terminal acetylenes is 1. The molecule has 0 aromatic heterocycles. The van der Waals surface area contributed by atoms with Crippen LogP contribution in [0.2, 0.25) is 0 Å². The van der Waals surface area contributed by atoms with Crippen LogP contribution in [0.3, 0.4) is 0 Å². The Hall–Kier alpha value is -1.66. The van der Waals surface area contributed by atoms with E-state index in [9.17, 15) is 0 Å². The molecule has 0 aliphatic rings. The zero-order valence-corrected chi connectivity index (χ0v) is 11.1. The summed E-state index contributed by atoms with van der Waals surface area (Å²) < 4.78 is 11.3. The van der Waals surface area contributed by atoms with Gasteiger partial charge in [0.25, 0.3) is 0 Å². The van der Waals surface area contributed by atoms with Crippen LogP contribution in [-0.2, 0) is 6.42 Å². The molecule has 1 rings (SSSR count). The van der Waals surface area contributed by atoms with Crippen molar-refractivity contribution in [3.05, 3.63) is 23.8 Å². The molecule has 0 fully saturated rings. The summed E-state index contributed by atoms with van der Waals surface area (Å²) in [5.41, 5.74) is 6.91. The van der Waals surface area contributed by atoms with Gasteiger partial charge in [0.2, 0.25) is 0 Å². The van der Waals surface area contributed by atoms with Crippen molar-refractivity contribution < 1.29 is 9.47 Å². The fourth-order valence-corrected chi connectivity index (χ4v) is 1.71. The molecular formula is C15H21NO2. The maximum absolute atomic E-state index is 5.84. The Labute approximate surface area is 109 Å². The Kier molecular flexibility index (Phi) is 6.10. The standard InChI is InChI=1S/C15H21NO2/c1-4-6-10-18-15-13(11-12(3)16)8-7-9-14(15)17-5-2/h1,7-9,12H,5-6,10-11,16H2,2-3H3. The van der Waals surface area contributed by atoms with Crippen LogP contribution in [0, 0.1) is 12.3 Å². The molecular weight excluding hydrogens is 226 g/mol. The van der Waals surface area contributed by atoms with Crippen molar-refractivity contribution in [2.24, 2.45) is 5.73 Å². The highest BCUT2D eigenvalue weighted by Gasteiger charge is 2.12. The number of benzene rings is 1. The first-order valence-electron chi connectivity index (χ1n) is 6.25. The zero-order valence-electron chi connectivity index (χ0n) is 11.1. The van der Waals surface area contributed by atoms with Crippen LogP contribution in [0.4, 0.5) is 0 Å². The molecule has 0 spiro atoms. The van der Waals surface area contributed by atoms with Gasteiger partial charge in [0, 0.05) is 12.5 Å². The van der Waals surface area contributed by atoms with E-state index >= 15 is 0 Å². The van der Waals surface area contributed by atoms with E-state index in [0.29, 0.717) is 19.6 Å². The molecule has 1 unspecified atom stereocenters. The molecule has 0 saturated carbocycles. The highest BCUT2D eigenvalue weighted by molar-refractivity contribution is 5.47. The van der Waals surface area contributed by atoms with Crippen LogP contribution >= 0.6 is 0 Å². The van der Waals surface area contributed by atoms with Crippen LogP contribution < -0.4 is 15.2 Å². The van der Waals surface area contributed by atoms with Gasteiger partial charge in [-0.1, -0.05) is 12.1 Å². The van der Waals surface area contributed by atoms with Crippen LogP contribution in [-0.4, -0.2) is 19.3 Å². The summed E-state index contributed by atoms with van der Waals surface area (Å²) in [7, 11) is 0. The molecule has 1 aromatic carbocycles. The molecule has 2 N–H and O–H groups in total. The number of para-hydroxylation sites is 1. The first-order valence-corrected chi connectivity index (χ1v) is 6.25. The van der Waals surface area contributed by atoms with Crippen LogP contribution in [0.1, 0.15) is 25.8 Å². The van der Waals surface area contributed by atoms with E-state index in [1.807, 2.05) is 32.0 Å². The third-order valence-electron chi connectivity index (χ3n) is 2.39. The zero-order chi connectivity index (χ0) is 13.4. The summed E-state index contributed by atoms with van der Waals surface area (Å²) in [5.74, 6) is 4.09. The second kappa shape index (κ2) is 7.62. The average Bonchev–Trinajstić information content (AvgIpc) is 2.32. The van der Waals surface area contributed by atoms with Crippen LogP contribution in [0.5, 0.6) is 11.5 Å². The number of ether oxygens (including phenoxy) is 2. The summed E-state index contributed by atoms with van der Waals surface area (Å²) in [6.45, 7) is 5.02. The predicted molar refractivity (Wildman–Crippen MR) is 73.9 cm³/mol. The molecule has 0 aliphatic carbocycles. The normalized spacial score (nSPS) is 11.7. The topological polar surface area (TPSA) is 44.5 Å². The second-order valence-electron chi connectivity index (χ2n) is 4.16. The van der Waals surface area contributed by atoms with Gasteiger partial charge in [0.15, 0.2) is 11.5 Å². The highest BCUT2D eigenvalue weighted by atomic mass is 16.5. The Morgan fingerprint density at radius 3 is 2.78 bits per heavy atom. The van der Waals surface area contributed by atoms with E-state index in [1.165, 1.54) is 0 Å². The molecule has 0 heterocycles. The van der Waals surface area contributed by atoms with Crippen molar-refractivity contribution in [3.63, 3.8) is 0 Å². The largest absolute Gasteiger partial charge is 0.490 e. The van der Waals surface area contributed by atoms with Crippen molar-refractivity contribution in [2.45, 2.75) is 32.7 Å². The van der Waals surface area contributed by atoms with E-state index in [4.69, 9.17) is 21.6 Å². The van der Waals surface area contributed by atoms with E-state index in [2.05, 4.69) is 5.92 Å². The smallest absolute Gasteiger partial charge is 0.164 e. The molecule has 1 aromatic rings. The van der Waals surface area contributed by atoms with Crippen molar-refractivity contribution in [1.82, 2.24) is 0 Å². The van der Waals surface area contributed by atoms with Gasteiger partial charge in [0.05, 0.1) is 13.2 Å². The lowest BCUT2D eigenvalue weighted by molar-refractivity contribution is 0.279. The Balaban J connectivity index is 2.93. The fourth-order valence-electron chi connectivity index (χ4n) is 1.71. The third kappa shape index (κ3) is 4.31. The van der Waals surface area contributed by atoms with E-state index in [0.717, 1.165) is 23.5 Å². The molecule has 18 heavy (non-hydrogen) atoms. The average molecular weight is 247 g/mol. The number of hydrogen-bond acceptors (Lipinski definition) is 3. The lowest BCUT2D eigenvalue weighted by Gasteiger charge is -2.16. The summed E-state index contributed by atoms with van der Waals surface area (Å²) in [6, 6.07) is 5.95. The molecule has 0 bridgehead atoms. The molecule has 1 atom stereocenters. The molecule has 0 aliphatic heterocycles. The molecule has 0 saturated heterocycles. The summed E-state index contributed by atoms with van der Waals surface area (Å²) in [6.07, 6.45) is 6.56. The van der Waals surface area contributed by atoms with E-state index in [-0.39, 0.29) is 6.04 Å². The third-order valence-corrected chi connectivity index (χ3v) is 2.39. The monoisotopic (exact) mass is 247 g/mol. The fraction of sp³-hybridized carbons (Fsp3) is 0.467. The Bertz CT molecular complexity index is 407. The van der Waals surface area contributed by atoms with Gasteiger partial charge in [-0.2, -0.15) is 0 Å². The van der Waals surface area contributed by atoms with E-state index < -0.39 is 0 Å². The first-order chi connectivity index (χ1) is 8.69. The second-order valence-corrected chi connectivity index (χ2v) is 4.16. The van der Waals surface area contributed by atoms with Crippen LogP contribution in [0.15, 0.2) is 18.2 Å². The van der Waals surface area contributed by atoms with Crippen molar-refractivity contribution in [1.29, 1.82) is 0 Å². The predicted octanol–water partition coefficient (Wildman–Crippen LogP) is 2.38. The van der Waals surface area contributed by atoms with Gasteiger partial charge in [-0.25, -0.2) is 0 Å². The number of hydrogen-bond donors (Lipinski definition) is 1. The molecule has 3 heteroatoms. The van der Waals surface area contributed by atoms with Gasteiger partial charge in [-0.3, -0.25) is 0 Å². The molecule has 98 valence electrons.